The van der Waals surface area contributed by atoms with Crippen molar-refractivity contribution < 1.29 is 4.79 Å². The molecule has 2 atom stereocenters. The zero-order chi connectivity index (χ0) is 9.14. The van der Waals surface area contributed by atoms with Crippen LogP contribution in [-0.4, -0.2) is 29.9 Å². The van der Waals surface area contributed by atoms with E-state index < -0.39 is 0 Å². The fourth-order valence-electron chi connectivity index (χ4n) is 1.95. The van der Waals surface area contributed by atoms with Crippen molar-refractivity contribution in [1.82, 2.24) is 4.90 Å². The van der Waals surface area contributed by atoms with E-state index in [-0.39, 0.29) is 5.91 Å². The molecule has 0 aromatic heterocycles. The topological polar surface area (TPSA) is 46.3 Å². The number of hydrogen-bond donors (Lipinski definition) is 1. The van der Waals surface area contributed by atoms with E-state index in [2.05, 4.69) is 18.7 Å². The smallest absolute Gasteiger partial charge is 0.218 e. The molecule has 0 aliphatic carbocycles. The van der Waals surface area contributed by atoms with Crippen molar-refractivity contribution in [3.05, 3.63) is 0 Å². The molecular weight excluding hydrogens is 152 g/mol. The summed E-state index contributed by atoms with van der Waals surface area (Å²) in [5, 5.41) is 0. The Morgan fingerprint density at radius 1 is 1.58 bits per heavy atom. The monoisotopic (exact) mass is 170 g/mol. The Hall–Kier alpha value is -0.570. The molecule has 3 nitrogen and oxygen atoms in total. The highest BCUT2D eigenvalue weighted by Gasteiger charge is 2.25. The molecule has 1 rings (SSSR count). The fraction of sp³-hybridized carbons (Fsp3) is 0.889. The molecule has 1 heterocycles. The first-order valence-electron chi connectivity index (χ1n) is 4.62. The lowest BCUT2D eigenvalue weighted by Gasteiger charge is -2.19. The van der Waals surface area contributed by atoms with Gasteiger partial charge in [-0.05, 0) is 19.3 Å². The number of carbonyl (C=O) groups is 1. The number of carbonyl (C=O) groups excluding carboxylic acids is 1. The minimum absolute atomic E-state index is 0.193. The largest absolute Gasteiger partial charge is 0.370 e. The lowest BCUT2D eigenvalue weighted by molar-refractivity contribution is -0.118. The summed E-state index contributed by atoms with van der Waals surface area (Å²) in [5.41, 5.74) is 5.09. The Bertz CT molecular complexity index is 170. The van der Waals surface area contributed by atoms with Crippen molar-refractivity contribution >= 4 is 5.91 Å². The van der Waals surface area contributed by atoms with Crippen molar-refractivity contribution in [2.45, 2.75) is 32.7 Å². The van der Waals surface area contributed by atoms with Crippen LogP contribution in [0.15, 0.2) is 0 Å². The maximum Gasteiger partial charge on any atom is 0.218 e. The molecule has 1 aliphatic rings. The Morgan fingerprint density at radius 2 is 2.25 bits per heavy atom. The molecule has 1 saturated heterocycles. The Balaban J connectivity index is 2.28. The van der Waals surface area contributed by atoms with Gasteiger partial charge in [-0.15, -0.1) is 0 Å². The zero-order valence-electron chi connectivity index (χ0n) is 7.92. The third-order valence-electron chi connectivity index (χ3n) is 2.56. The summed E-state index contributed by atoms with van der Waals surface area (Å²) >= 11 is 0. The third-order valence-corrected chi connectivity index (χ3v) is 2.56. The summed E-state index contributed by atoms with van der Waals surface area (Å²) in [6, 6.07) is 0.624. The van der Waals surface area contributed by atoms with Crippen LogP contribution >= 0.6 is 0 Å². The van der Waals surface area contributed by atoms with Crippen molar-refractivity contribution in [3.63, 3.8) is 0 Å². The Kier molecular flexibility index (Phi) is 3.09. The van der Waals surface area contributed by atoms with E-state index in [0.29, 0.717) is 12.5 Å². The summed E-state index contributed by atoms with van der Waals surface area (Å²) in [6.45, 7) is 6.42. The Labute approximate surface area is 73.9 Å². The number of rotatable bonds is 3. The molecule has 0 aromatic rings. The van der Waals surface area contributed by atoms with E-state index in [0.717, 1.165) is 19.0 Å². The second kappa shape index (κ2) is 3.90. The second-order valence-electron chi connectivity index (χ2n) is 3.90. The average Bonchev–Trinajstić information content (AvgIpc) is 2.26. The van der Waals surface area contributed by atoms with Gasteiger partial charge in [-0.1, -0.05) is 6.92 Å². The molecule has 70 valence electrons. The first-order chi connectivity index (χ1) is 5.59. The maximum atomic E-state index is 10.5. The van der Waals surface area contributed by atoms with Crippen LogP contribution in [-0.2, 0) is 4.79 Å². The predicted octanol–water partition coefficient (Wildman–Crippen LogP) is 0.592. The van der Waals surface area contributed by atoms with Crippen molar-refractivity contribution in [3.8, 4) is 0 Å². The van der Waals surface area contributed by atoms with Gasteiger partial charge in [0.15, 0.2) is 0 Å². The minimum Gasteiger partial charge on any atom is -0.370 e. The van der Waals surface area contributed by atoms with Crippen molar-refractivity contribution in [2.75, 3.05) is 13.1 Å². The molecule has 1 aliphatic heterocycles. The molecule has 1 fully saturated rings. The molecule has 12 heavy (non-hydrogen) atoms. The fourth-order valence-corrected chi connectivity index (χ4v) is 1.95. The molecule has 0 radical (unpaired) electrons. The molecule has 0 spiro atoms. The van der Waals surface area contributed by atoms with Crippen LogP contribution in [0.3, 0.4) is 0 Å². The van der Waals surface area contributed by atoms with Gasteiger partial charge in [-0.2, -0.15) is 0 Å². The summed E-state index contributed by atoms with van der Waals surface area (Å²) in [5.74, 6) is 0.578. The molecule has 2 N–H and O–H groups in total. The van der Waals surface area contributed by atoms with E-state index in [1.807, 2.05) is 0 Å². The third kappa shape index (κ3) is 2.48. The zero-order valence-corrected chi connectivity index (χ0v) is 7.92. The average molecular weight is 170 g/mol. The van der Waals surface area contributed by atoms with E-state index in [4.69, 9.17) is 5.73 Å². The molecule has 0 saturated carbocycles. The van der Waals surface area contributed by atoms with Gasteiger partial charge in [0.1, 0.15) is 0 Å². The second-order valence-corrected chi connectivity index (χ2v) is 3.90. The number of nitrogens with two attached hydrogens (primary N) is 1. The lowest BCUT2D eigenvalue weighted by Crippen LogP contribution is -2.30. The number of nitrogens with zero attached hydrogens (tertiary/aromatic N) is 1. The molecule has 0 aromatic carbocycles. The molecule has 2 unspecified atom stereocenters. The van der Waals surface area contributed by atoms with E-state index in [1.54, 1.807) is 0 Å². The van der Waals surface area contributed by atoms with Crippen LogP contribution in [0.1, 0.15) is 26.7 Å². The lowest BCUT2D eigenvalue weighted by atomic mass is 10.1. The van der Waals surface area contributed by atoms with Crippen LogP contribution in [0, 0.1) is 5.92 Å². The quantitative estimate of drug-likeness (QED) is 0.674. The predicted molar refractivity (Wildman–Crippen MR) is 48.6 cm³/mol. The van der Waals surface area contributed by atoms with E-state index >= 15 is 0 Å². The number of amides is 1. The molecule has 3 heteroatoms. The summed E-state index contributed by atoms with van der Waals surface area (Å²) in [4.78, 5) is 12.9. The minimum atomic E-state index is -0.193. The highest BCUT2D eigenvalue weighted by Crippen LogP contribution is 2.21. The Morgan fingerprint density at radius 3 is 2.67 bits per heavy atom. The van der Waals surface area contributed by atoms with Crippen LogP contribution < -0.4 is 5.73 Å². The van der Waals surface area contributed by atoms with Crippen molar-refractivity contribution in [2.24, 2.45) is 11.7 Å². The van der Waals surface area contributed by atoms with Gasteiger partial charge < -0.3 is 5.73 Å². The number of likely N-dealkylation sites (tertiary alicyclic amines) is 1. The van der Waals surface area contributed by atoms with Gasteiger partial charge in [0, 0.05) is 25.6 Å². The first kappa shape index (κ1) is 9.52. The van der Waals surface area contributed by atoms with Gasteiger partial charge in [0.2, 0.25) is 5.91 Å². The van der Waals surface area contributed by atoms with Gasteiger partial charge in [-0.3, -0.25) is 9.69 Å². The summed E-state index contributed by atoms with van der Waals surface area (Å²) < 4.78 is 0. The standard InChI is InChI=1S/C9H18N2O/c1-7-5-8(2)11(6-7)4-3-9(10)12/h7-8H,3-6H2,1-2H3,(H2,10,12). The summed E-state index contributed by atoms with van der Waals surface area (Å²) in [6.07, 6.45) is 1.75. The van der Waals surface area contributed by atoms with Crippen LogP contribution in [0.2, 0.25) is 0 Å². The van der Waals surface area contributed by atoms with Gasteiger partial charge >= 0.3 is 0 Å². The summed E-state index contributed by atoms with van der Waals surface area (Å²) in [7, 11) is 0. The number of primary amides is 1. The van der Waals surface area contributed by atoms with Crippen LogP contribution in [0.5, 0.6) is 0 Å². The highest BCUT2D eigenvalue weighted by molar-refractivity contribution is 5.73. The molecule has 0 bridgehead atoms. The first-order valence-corrected chi connectivity index (χ1v) is 4.62. The van der Waals surface area contributed by atoms with Crippen LogP contribution in [0.25, 0.3) is 0 Å². The van der Waals surface area contributed by atoms with E-state index in [9.17, 15) is 4.79 Å². The van der Waals surface area contributed by atoms with Gasteiger partial charge in [-0.25, -0.2) is 0 Å². The maximum absolute atomic E-state index is 10.5. The highest BCUT2D eigenvalue weighted by atomic mass is 16.1. The molecular formula is C9H18N2O. The van der Waals surface area contributed by atoms with Gasteiger partial charge in [0.25, 0.3) is 0 Å². The van der Waals surface area contributed by atoms with Crippen molar-refractivity contribution in [1.29, 1.82) is 0 Å². The SMILES string of the molecule is CC1CC(C)N(CCC(N)=O)C1. The normalized spacial score (nSPS) is 30.8. The van der Waals surface area contributed by atoms with Gasteiger partial charge in [0.05, 0.1) is 0 Å². The van der Waals surface area contributed by atoms with E-state index in [1.165, 1.54) is 6.42 Å². The molecule has 1 amide bonds. The number of hydrogen-bond acceptors (Lipinski definition) is 2. The van der Waals surface area contributed by atoms with Crippen LogP contribution in [0.4, 0.5) is 0 Å².